The molecule has 3 aromatic rings. The molecule has 0 saturated carbocycles. The van der Waals surface area contributed by atoms with E-state index in [0.717, 1.165) is 36.2 Å². The van der Waals surface area contributed by atoms with E-state index in [1.807, 2.05) is 30.3 Å². The van der Waals surface area contributed by atoms with Gasteiger partial charge in [0.15, 0.2) is 0 Å². The van der Waals surface area contributed by atoms with Crippen molar-refractivity contribution in [2.75, 3.05) is 6.54 Å². The van der Waals surface area contributed by atoms with E-state index in [4.69, 9.17) is 4.74 Å². The van der Waals surface area contributed by atoms with Crippen LogP contribution in [0.15, 0.2) is 60.9 Å². The summed E-state index contributed by atoms with van der Waals surface area (Å²) in [4.78, 5) is 8.16. The van der Waals surface area contributed by atoms with Crippen LogP contribution in [-0.4, -0.2) is 16.5 Å². The Labute approximate surface area is 145 Å². The highest BCUT2D eigenvalue weighted by molar-refractivity contribution is 5.44. The second kappa shape index (κ2) is 6.99. The molecule has 0 fully saturated rings. The molecule has 1 atom stereocenters. The summed E-state index contributed by atoms with van der Waals surface area (Å²) in [6.07, 6.45) is 4.14. The number of fused-ring (bicyclic) bond motifs is 1. The molecule has 0 bridgehead atoms. The van der Waals surface area contributed by atoms with Gasteiger partial charge in [0.05, 0.1) is 0 Å². The molecule has 4 nitrogen and oxygen atoms in total. The summed E-state index contributed by atoms with van der Waals surface area (Å²) in [5, 5.41) is 3.40. The van der Waals surface area contributed by atoms with Crippen LogP contribution in [0.3, 0.4) is 0 Å². The quantitative estimate of drug-likeness (QED) is 0.785. The molecular weight excluding hydrogens is 317 g/mol. The minimum Gasteiger partial charge on any atom is -0.424 e. The summed E-state index contributed by atoms with van der Waals surface area (Å²) in [6.45, 7) is 1.57. The van der Waals surface area contributed by atoms with Gasteiger partial charge in [-0.1, -0.05) is 24.3 Å². The Bertz CT molecular complexity index is 870. The van der Waals surface area contributed by atoms with Crippen LogP contribution < -0.4 is 10.1 Å². The second-order valence-electron chi connectivity index (χ2n) is 6.03. The van der Waals surface area contributed by atoms with E-state index in [0.29, 0.717) is 11.8 Å². The number of aromatic nitrogens is 2. The average Bonchev–Trinajstić information content (AvgIpc) is 2.85. The van der Waals surface area contributed by atoms with Crippen LogP contribution in [-0.2, 0) is 6.54 Å². The lowest BCUT2D eigenvalue weighted by Gasteiger charge is -2.19. The zero-order valence-corrected chi connectivity index (χ0v) is 13.7. The second-order valence-corrected chi connectivity index (χ2v) is 6.03. The first-order valence-corrected chi connectivity index (χ1v) is 8.34. The number of nitrogens with zero attached hydrogens (tertiary/aromatic N) is 2. The molecule has 0 radical (unpaired) electrons. The third-order valence-corrected chi connectivity index (χ3v) is 4.45. The maximum absolute atomic E-state index is 14.3. The molecular formula is C20H18FN3O. The molecule has 4 rings (SSSR count). The first-order chi connectivity index (χ1) is 12.3. The van der Waals surface area contributed by atoms with E-state index in [2.05, 4.69) is 15.3 Å². The number of hydrogen-bond donors (Lipinski definition) is 1. The van der Waals surface area contributed by atoms with Gasteiger partial charge in [0.2, 0.25) is 0 Å². The fraction of sp³-hybridized carbons (Fsp3) is 0.200. The molecule has 0 aliphatic carbocycles. The average molecular weight is 335 g/mol. The Morgan fingerprint density at radius 1 is 1.00 bits per heavy atom. The number of rotatable bonds is 3. The van der Waals surface area contributed by atoms with Crippen molar-refractivity contribution in [1.82, 2.24) is 15.3 Å². The predicted molar refractivity (Wildman–Crippen MR) is 93.1 cm³/mol. The molecule has 0 spiro atoms. The van der Waals surface area contributed by atoms with E-state index in [-0.39, 0.29) is 11.7 Å². The van der Waals surface area contributed by atoms with Crippen molar-refractivity contribution in [2.24, 2.45) is 0 Å². The number of hydrogen-bond acceptors (Lipinski definition) is 4. The lowest BCUT2D eigenvalue weighted by Crippen LogP contribution is -2.12. The summed E-state index contributed by atoms with van der Waals surface area (Å²) < 4.78 is 20.0. The van der Waals surface area contributed by atoms with Crippen LogP contribution in [0.4, 0.5) is 4.39 Å². The standard InChI is InChI=1S/C20H18FN3O/c21-19-5-2-1-4-18(19)17-8-11-22-13-14-12-15(6-7-16(14)17)25-20-23-9-3-10-24-20/h1-7,9-10,12,17,22H,8,11,13H2. The maximum Gasteiger partial charge on any atom is 0.321 e. The van der Waals surface area contributed by atoms with Crippen LogP contribution in [0.2, 0.25) is 0 Å². The molecule has 2 heterocycles. The molecule has 0 amide bonds. The highest BCUT2D eigenvalue weighted by Crippen LogP contribution is 2.35. The van der Waals surface area contributed by atoms with Crippen LogP contribution >= 0.6 is 0 Å². The normalized spacial score (nSPS) is 16.8. The first-order valence-electron chi connectivity index (χ1n) is 8.34. The lowest BCUT2D eigenvalue weighted by atomic mass is 9.86. The fourth-order valence-corrected chi connectivity index (χ4v) is 3.29. The van der Waals surface area contributed by atoms with Gasteiger partial charge < -0.3 is 10.1 Å². The maximum atomic E-state index is 14.3. The molecule has 1 unspecified atom stereocenters. The summed E-state index contributed by atoms with van der Waals surface area (Å²) in [6, 6.07) is 15.0. The third-order valence-electron chi connectivity index (χ3n) is 4.45. The van der Waals surface area contributed by atoms with Gasteiger partial charge in [0.25, 0.3) is 0 Å². The summed E-state index contributed by atoms with van der Waals surface area (Å²) in [5.41, 5.74) is 2.99. The molecule has 25 heavy (non-hydrogen) atoms. The van der Waals surface area contributed by atoms with E-state index >= 15 is 0 Å². The van der Waals surface area contributed by atoms with Crippen molar-refractivity contribution in [2.45, 2.75) is 18.9 Å². The van der Waals surface area contributed by atoms with Gasteiger partial charge in [-0.05, 0) is 53.9 Å². The van der Waals surface area contributed by atoms with E-state index in [1.165, 1.54) is 6.07 Å². The van der Waals surface area contributed by atoms with E-state index in [9.17, 15) is 4.39 Å². The molecule has 1 N–H and O–H groups in total. The Morgan fingerprint density at radius 2 is 1.84 bits per heavy atom. The van der Waals surface area contributed by atoms with Gasteiger partial charge in [0.1, 0.15) is 11.6 Å². The SMILES string of the molecule is Fc1ccccc1C1CCNCc2cc(Oc3ncccn3)ccc21. The van der Waals surface area contributed by atoms with Gasteiger partial charge >= 0.3 is 6.01 Å². The lowest BCUT2D eigenvalue weighted by molar-refractivity contribution is 0.441. The fourth-order valence-electron chi connectivity index (χ4n) is 3.29. The van der Waals surface area contributed by atoms with Crippen molar-refractivity contribution in [1.29, 1.82) is 0 Å². The minimum absolute atomic E-state index is 0.0354. The van der Waals surface area contributed by atoms with Crippen LogP contribution in [0.1, 0.15) is 29.0 Å². The summed E-state index contributed by atoms with van der Waals surface area (Å²) in [7, 11) is 0. The highest BCUT2D eigenvalue weighted by atomic mass is 19.1. The van der Waals surface area contributed by atoms with E-state index < -0.39 is 0 Å². The molecule has 1 aromatic heterocycles. The minimum atomic E-state index is -0.154. The van der Waals surface area contributed by atoms with Crippen molar-refractivity contribution in [3.05, 3.63) is 83.4 Å². The van der Waals surface area contributed by atoms with Gasteiger partial charge in [0, 0.05) is 24.9 Å². The molecule has 126 valence electrons. The first kappa shape index (κ1) is 15.7. The smallest absolute Gasteiger partial charge is 0.321 e. The Morgan fingerprint density at radius 3 is 2.68 bits per heavy atom. The number of nitrogens with one attached hydrogen (secondary N) is 1. The summed E-state index contributed by atoms with van der Waals surface area (Å²) >= 11 is 0. The highest BCUT2D eigenvalue weighted by Gasteiger charge is 2.23. The van der Waals surface area contributed by atoms with Crippen molar-refractivity contribution in [3.63, 3.8) is 0 Å². The van der Waals surface area contributed by atoms with Gasteiger partial charge in [-0.2, -0.15) is 0 Å². The van der Waals surface area contributed by atoms with Crippen molar-refractivity contribution < 1.29 is 9.13 Å². The van der Waals surface area contributed by atoms with Crippen molar-refractivity contribution in [3.8, 4) is 11.8 Å². The van der Waals surface area contributed by atoms with Gasteiger partial charge in [-0.25, -0.2) is 14.4 Å². The van der Waals surface area contributed by atoms with Crippen molar-refractivity contribution >= 4 is 0 Å². The Hall–Kier alpha value is -2.79. The number of benzene rings is 2. The van der Waals surface area contributed by atoms with Crippen LogP contribution in [0.5, 0.6) is 11.8 Å². The van der Waals surface area contributed by atoms with Crippen LogP contribution in [0, 0.1) is 5.82 Å². The Balaban J connectivity index is 1.69. The molecule has 0 saturated heterocycles. The third kappa shape index (κ3) is 3.37. The molecule has 5 heteroatoms. The molecule has 1 aliphatic rings. The summed E-state index contributed by atoms with van der Waals surface area (Å²) in [5.74, 6) is 0.563. The topological polar surface area (TPSA) is 47.0 Å². The largest absolute Gasteiger partial charge is 0.424 e. The zero-order valence-electron chi connectivity index (χ0n) is 13.7. The van der Waals surface area contributed by atoms with Gasteiger partial charge in [-0.15, -0.1) is 0 Å². The number of ether oxygens (including phenoxy) is 1. The molecule has 1 aliphatic heterocycles. The van der Waals surface area contributed by atoms with Gasteiger partial charge in [-0.3, -0.25) is 0 Å². The Kier molecular flexibility index (Phi) is 4.39. The van der Waals surface area contributed by atoms with E-state index in [1.54, 1.807) is 24.5 Å². The number of halogens is 1. The monoisotopic (exact) mass is 335 g/mol. The molecule has 2 aromatic carbocycles. The van der Waals surface area contributed by atoms with Crippen LogP contribution in [0.25, 0.3) is 0 Å². The predicted octanol–water partition coefficient (Wildman–Crippen LogP) is 4.03. The zero-order chi connectivity index (χ0) is 17.1.